The molecule has 176 valence electrons. The number of hydrogen-bond donors (Lipinski definition) is 2. The summed E-state index contributed by atoms with van der Waals surface area (Å²) < 4.78 is 7.14. The van der Waals surface area contributed by atoms with Gasteiger partial charge in [0.2, 0.25) is 0 Å². The van der Waals surface area contributed by atoms with Gasteiger partial charge in [0, 0.05) is 51.9 Å². The summed E-state index contributed by atoms with van der Waals surface area (Å²) in [5.41, 5.74) is 2.58. The summed E-state index contributed by atoms with van der Waals surface area (Å²) in [6.07, 6.45) is 4.49. The van der Waals surface area contributed by atoms with Gasteiger partial charge < -0.3 is 20.3 Å². The molecule has 1 fully saturated rings. The predicted molar refractivity (Wildman–Crippen MR) is 139 cm³/mol. The zero-order chi connectivity index (χ0) is 21.6. The van der Waals surface area contributed by atoms with Crippen molar-refractivity contribution >= 4 is 35.6 Å². The molecule has 4 rings (SSSR count). The van der Waals surface area contributed by atoms with Crippen LogP contribution in [0.15, 0.2) is 29.3 Å². The highest BCUT2D eigenvalue weighted by atomic mass is 127. The number of benzene rings is 1. The van der Waals surface area contributed by atoms with Crippen molar-refractivity contribution in [1.82, 2.24) is 25.4 Å². The molecule has 0 radical (unpaired) electrons. The van der Waals surface area contributed by atoms with Crippen LogP contribution in [-0.4, -0.2) is 54.0 Å². The minimum Gasteiger partial charge on any atom is -0.377 e. The van der Waals surface area contributed by atoms with E-state index < -0.39 is 0 Å². The molecule has 2 N–H and O–H groups in total. The molecule has 1 atom stereocenters. The monoisotopic (exact) mass is 553 g/mol. The lowest BCUT2D eigenvalue weighted by Crippen LogP contribution is -2.46. The summed E-state index contributed by atoms with van der Waals surface area (Å²) in [7, 11) is 3.48. The van der Waals surface area contributed by atoms with Gasteiger partial charge in [-0.25, -0.2) is 9.67 Å². The maximum atomic E-state index is 5.15. The second-order valence-electron chi connectivity index (χ2n) is 8.70. The molecule has 1 unspecified atom stereocenters. The van der Waals surface area contributed by atoms with Gasteiger partial charge in [0.25, 0.3) is 0 Å². The fraction of sp³-hybridized carbons (Fsp3) is 0.609. The number of guanidine groups is 1. The van der Waals surface area contributed by atoms with Crippen LogP contribution >= 0.6 is 24.0 Å². The van der Waals surface area contributed by atoms with Crippen molar-refractivity contribution in [3.63, 3.8) is 0 Å². The molecule has 0 bridgehead atoms. The Morgan fingerprint density at radius 1 is 1.19 bits per heavy atom. The molecule has 1 aromatic carbocycles. The lowest BCUT2D eigenvalue weighted by Gasteiger charge is -2.32. The maximum absolute atomic E-state index is 5.15. The van der Waals surface area contributed by atoms with Crippen molar-refractivity contribution < 1.29 is 4.74 Å². The highest BCUT2D eigenvalue weighted by Gasteiger charge is 2.22. The quantitative estimate of drug-likeness (QED) is 0.326. The fourth-order valence-corrected chi connectivity index (χ4v) is 4.33. The average Bonchev–Trinajstić information content (AvgIpc) is 3.19. The first-order chi connectivity index (χ1) is 15.1. The van der Waals surface area contributed by atoms with E-state index in [9.17, 15) is 0 Å². The molecule has 32 heavy (non-hydrogen) atoms. The molecule has 9 heteroatoms. The predicted octanol–water partition coefficient (Wildman–Crippen LogP) is 2.96. The van der Waals surface area contributed by atoms with Crippen molar-refractivity contribution in [3.8, 4) is 0 Å². The van der Waals surface area contributed by atoms with Gasteiger partial charge in [0.1, 0.15) is 12.4 Å². The highest BCUT2D eigenvalue weighted by molar-refractivity contribution is 14.0. The lowest BCUT2D eigenvalue weighted by molar-refractivity contribution is 0.177. The molecule has 0 aliphatic carbocycles. The summed E-state index contributed by atoms with van der Waals surface area (Å²) in [6, 6.07) is 9.20. The van der Waals surface area contributed by atoms with E-state index in [2.05, 4.69) is 61.8 Å². The first-order valence-corrected chi connectivity index (χ1v) is 11.4. The largest absolute Gasteiger partial charge is 0.377 e. The van der Waals surface area contributed by atoms with E-state index >= 15 is 0 Å². The van der Waals surface area contributed by atoms with Crippen LogP contribution in [0, 0.1) is 5.92 Å². The SMILES string of the molecule is CN=C(NCc1ccc(N2CCC(C)CC2)cc1)NC1CCc2nc(COC)nn2C1.I. The first kappa shape index (κ1) is 24.8. The van der Waals surface area contributed by atoms with E-state index in [0.717, 1.165) is 62.5 Å². The molecule has 0 saturated carbocycles. The molecule has 2 aliphatic heterocycles. The van der Waals surface area contributed by atoms with Crippen molar-refractivity contribution in [2.24, 2.45) is 10.9 Å². The van der Waals surface area contributed by atoms with Crippen LogP contribution in [0.4, 0.5) is 5.69 Å². The Labute approximate surface area is 208 Å². The average molecular weight is 553 g/mol. The van der Waals surface area contributed by atoms with Crippen LogP contribution in [0.1, 0.15) is 43.4 Å². The number of piperidine rings is 1. The van der Waals surface area contributed by atoms with Gasteiger partial charge in [-0.15, -0.1) is 24.0 Å². The number of rotatable bonds is 6. The smallest absolute Gasteiger partial charge is 0.191 e. The molecular weight excluding hydrogens is 517 g/mol. The molecule has 3 heterocycles. The van der Waals surface area contributed by atoms with Crippen LogP contribution in [-0.2, 0) is 30.9 Å². The van der Waals surface area contributed by atoms with Gasteiger partial charge in [-0.1, -0.05) is 19.1 Å². The van der Waals surface area contributed by atoms with E-state index in [-0.39, 0.29) is 30.0 Å². The number of fused-ring (bicyclic) bond motifs is 1. The van der Waals surface area contributed by atoms with Crippen molar-refractivity contribution in [3.05, 3.63) is 41.5 Å². The van der Waals surface area contributed by atoms with Crippen LogP contribution in [0.3, 0.4) is 0 Å². The topological polar surface area (TPSA) is 79.6 Å². The van der Waals surface area contributed by atoms with Gasteiger partial charge in [-0.05, 0) is 42.9 Å². The van der Waals surface area contributed by atoms with Gasteiger partial charge in [0.15, 0.2) is 11.8 Å². The van der Waals surface area contributed by atoms with Crippen molar-refractivity contribution in [2.45, 2.75) is 58.3 Å². The molecule has 0 spiro atoms. The Bertz CT molecular complexity index is 875. The number of aryl methyl sites for hydroxylation is 1. The fourth-order valence-electron chi connectivity index (χ4n) is 4.33. The van der Waals surface area contributed by atoms with Gasteiger partial charge in [-0.2, -0.15) is 5.10 Å². The van der Waals surface area contributed by atoms with E-state index in [1.165, 1.54) is 24.1 Å². The number of aliphatic imine (C=N–C) groups is 1. The summed E-state index contributed by atoms with van der Waals surface area (Å²) in [5, 5.41) is 11.5. The lowest BCUT2D eigenvalue weighted by atomic mass is 9.99. The number of nitrogens with one attached hydrogen (secondary N) is 2. The number of anilines is 1. The van der Waals surface area contributed by atoms with Gasteiger partial charge in [-0.3, -0.25) is 4.99 Å². The number of ether oxygens (including phenoxy) is 1. The Balaban J connectivity index is 0.00000289. The normalized spacial score (nSPS) is 19.3. The second kappa shape index (κ2) is 11.8. The molecule has 0 amide bonds. The second-order valence-corrected chi connectivity index (χ2v) is 8.70. The summed E-state index contributed by atoms with van der Waals surface area (Å²) in [6.45, 7) is 6.67. The highest BCUT2D eigenvalue weighted by Crippen LogP contribution is 2.23. The Morgan fingerprint density at radius 2 is 1.94 bits per heavy atom. The molecule has 1 aromatic heterocycles. The number of hydrogen-bond acceptors (Lipinski definition) is 5. The van der Waals surface area contributed by atoms with Crippen molar-refractivity contribution in [1.29, 1.82) is 0 Å². The number of aromatic nitrogens is 3. The van der Waals surface area contributed by atoms with E-state index in [0.29, 0.717) is 6.61 Å². The zero-order valence-electron chi connectivity index (χ0n) is 19.4. The van der Waals surface area contributed by atoms with Crippen LogP contribution in [0.25, 0.3) is 0 Å². The number of nitrogens with zero attached hydrogens (tertiary/aromatic N) is 5. The number of methoxy groups -OCH3 is 1. The summed E-state index contributed by atoms with van der Waals surface area (Å²) >= 11 is 0. The summed E-state index contributed by atoms with van der Waals surface area (Å²) in [5.74, 6) is 3.46. The van der Waals surface area contributed by atoms with Crippen LogP contribution in [0.5, 0.6) is 0 Å². The molecule has 1 saturated heterocycles. The van der Waals surface area contributed by atoms with Gasteiger partial charge in [0.05, 0.1) is 6.54 Å². The molecular formula is C23H36IN7O. The Hall–Kier alpha value is -1.88. The first-order valence-electron chi connectivity index (χ1n) is 11.4. The minimum atomic E-state index is 0. The standard InChI is InChI=1S/C23H35N7O.HI/c1-17-10-12-29(13-11-17)20-7-4-18(5-8-20)14-25-23(24-2)26-19-6-9-22-27-21(16-31-3)28-30(22)15-19;/h4-5,7-8,17,19H,6,9-16H2,1-3H3,(H2,24,25,26);1H. The molecule has 2 aromatic rings. The third-order valence-corrected chi connectivity index (χ3v) is 6.28. The summed E-state index contributed by atoms with van der Waals surface area (Å²) in [4.78, 5) is 11.4. The third kappa shape index (κ3) is 6.34. The van der Waals surface area contributed by atoms with E-state index in [4.69, 9.17) is 4.74 Å². The van der Waals surface area contributed by atoms with Crippen LogP contribution in [0.2, 0.25) is 0 Å². The minimum absolute atomic E-state index is 0. The number of halogens is 1. The Morgan fingerprint density at radius 3 is 2.62 bits per heavy atom. The zero-order valence-corrected chi connectivity index (χ0v) is 21.7. The molecule has 2 aliphatic rings. The van der Waals surface area contributed by atoms with Gasteiger partial charge >= 0.3 is 0 Å². The van der Waals surface area contributed by atoms with Crippen molar-refractivity contribution in [2.75, 3.05) is 32.1 Å². The van der Waals surface area contributed by atoms with Crippen LogP contribution < -0.4 is 15.5 Å². The van der Waals surface area contributed by atoms with E-state index in [1.807, 2.05) is 11.7 Å². The Kier molecular flexibility index (Phi) is 9.15. The van der Waals surface area contributed by atoms with E-state index in [1.54, 1.807) is 7.11 Å². The molecule has 8 nitrogen and oxygen atoms in total. The maximum Gasteiger partial charge on any atom is 0.191 e. The third-order valence-electron chi connectivity index (χ3n) is 6.28.